The molecule has 1 N–H and O–H groups in total. The highest BCUT2D eigenvalue weighted by Gasteiger charge is 2.16. The summed E-state index contributed by atoms with van der Waals surface area (Å²) in [5.41, 5.74) is 3.07. The molecule has 0 aliphatic heterocycles. The van der Waals surface area contributed by atoms with E-state index in [0.717, 1.165) is 28.1 Å². The summed E-state index contributed by atoms with van der Waals surface area (Å²) in [7, 11) is 4.83. The van der Waals surface area contributed by atoms with Crippen molar-refractivity contribution in [3.8, 4) is 17.2 Å². The summed E-state index contributed by atoms with van der Waals surface area (Å²) in [6.45, 7) is 2.67. The van der Waals surface area contributed by atoms with Crippen LogP contribution >= 0.6 is 0 Å². The van der Waals surface area contributed by atoms with E-state index in [1.54, 1.807) is 21.3 Å². The van der Waals surface area contributed by atoms with Gasteiger partial charge in [0.05, 0.1) is 26.8 Å². The Kier molecular flexibility index (Phi) is 6.40. The predicted octanol–water partition coefficient (Wildman–Crippen LogP) is 5.42. The maximum atomic E-state index is 5.48. The van der Waals surface area contributed by atoms with Crippen LogP contribution in [0.2, 0.25) is 0 Å². The third kappa shape index (κ3) is 4.30. The fourth-order valence-electron chi connectivity index (χ4n) is 3.74. The Morgan fingerprint density at radius 2 is 1.47 bits per heavy atom. The average molecular weight is 430 g/mol. The van der Waals surface area contributed by atoms with Crippen LogP contribution in [0.25, 0.3) is 10.9 Å². The number of methoxy groups -OCH3 is 3. The molecule has 32 heavy (non-hydrogen) atoms. The fourth-order valence-corrected chi connectivity index (χ4v) is 3.74. The van der Waals surface area contributed by atoms with E-state index in [9.17, 15) is 0 Å². The topological polar surface area (TPSA) is 65.5 Å². The van der Waals surface area contributed by atoms with Crippen molar-refractivity contribution in [3.05, 3.63) is 83.7 Å². The van der Waals surface area contributed by atoms with E-state index in [1.807, 2.05) is 54.6 Å². The van der Waals surface area contributed by atoms with Crippen LogP contribution in [-0.4, -0.2) is 31.3 Å². The highest BCUT2D eigenvalue weighted by molar-refractivity contribution is 5.89. The maximum absolute atomic E-state index is 5.48. The summed E-state index contributed by atoms with van der Waals surface area (Å²) in [4.78, 5) is 9.74. The van der Waals surface area contributed by atoms with E-state index in [1.165, 1.54) is 5.56 Å². The Hall–Kier alpha value is -3.80. The Bertz CT molecular complexity index is 1190. The van der Waals surface area contributed by atoms with Gasteiger partial charge in [0.1, 0.15) is 11.6 Å². The summed E-state index contributed by atoms with van der Waals surface area (Å²) in [5.74, 6) is 3.46. The largest absolute Gasteiger partial charge is 0.493 e. The molecule has 0 aliphatic carbocycles. The number of nitrogens with zero attached hydrogens (tertiary/aromatic N) is 2. The average Bonchev–Trinajstić information content (AvgIpc) is 2.86. The minimum absolute atomic E-state index is 0.0718. The van der Waals surface area contributed by atoms with Crippen molar-refractivity contribution < 1.29 is 14.2 Å². The summed E-state index contributed by atoms with van der Waals surface area (Å²) >= 11 is 0. The van der Waals surface area contributed by atoms with Gasteiger partial charge in [-0.3, -0.25) is 0 Å². The van der Waals surface area contributed by atoms with Crippen LogP contribution in [-0.2, 0) is 6.54 Å². The summed E-state index contributed by atoms with van der Waals surface area (Å²) in [5, 5.41) is 4.46. The lowest BCUT2D eigenvalue weighted by molar-refractivity contribution is 0.324. The molecule has 0 spiro atoms. The zero-order valence-electron chi connectivity index (χ0n) is 18.8. The van der Waals surface area contributed by atoms with Crippen LogP contribution in [0.3, 0.4) is 0 Å². The minimum atomic E-state index is 0.0718. The second kappa shape index (κ2) is 9.56. The van der Waals surface area contributed by atoms with Gasteiger partial charge in [-0.15, -0.1) is 0 Å². The van der Waals surface area contributed by atoms with Crippen LogP contribution < -0.4 is 19.5 Å². The number of para-hydroxylation sites is 1. The lowest BCUT2D eigenvalue weighted by Crippen LogP contribution is -2.09. The van der Waals surface area contributed by atoms with Gasteiger partial charge in [-0.25, -0.2) is 9.97 Å². The van der Waals surface area contributed by atoms with Gasteiger partial charge in [0, 0.05) is 17.8 Å². The van der Waals surface area contributed by atoms with Crippen molar-refractivity contribution >= 4 is 16.7 Å². The van der Waals surface area contributed by atoms with Crippen molar-refractivity contribution in [2.45, 2.75) is 19.4 Å². The normalized spacial score (nSPS) is 11.8. The van der Waals surface area contributed by atoms with Crippen LogP contribution in [0.15, 0.2) is 66.7 Å². The summed E-state index contributed by atoms with van der Waals surface area (Å²) < 4.78 is 16.4. The molecule has 1 aromatic heterocycles. The molecule has 6 nitrogen and oxygen atoms in total. The molecule has 0 saturated heterocycles. The molecule has 4 aromatic rings. The zero-order chi connectivity index (χ0) is 22.5. The van der Waals surface area contributed by atoms with Crippen LogP contribution in [0.1, 0.15) is 29.8 Å². The Labute approximate surface area is 188 Å². The molecular formula is C26H27N3O3. The second-order valence-corrected chi connectivity index (χ2v) is 7.47. The SMILES string of the molecule is COc1cc(CNc2nc(C(C)c3ccccc3)nc3ccccc23)cc(OC)c1OC. The highest BCUT2D eigenvalue weighted by Crippen LogP contribution is 2.38. The third-order valence-electron chi connectivity index (χ3n) is 5.49. The van der Waals surface area contributed by atoms with E-state index in [0.29, 0.717) is 23.8 Å². The number of hydrogen-bond acceptors (Lipinski definition) is 6. The molecule has 0 fully saturated rings. The number of hydrogen-bond donors (Lipinski definition) is 1. The quantitative estimate of drug-likeness (QED) is 0.403. The van der Waals surface area contributed by atoms with Crippen LogP contribution in [0.4, 0.5) is 5.82 Å². The molecule has 0 bridgehead atoms. The zero-order valence-corrected chi connectivity index (χ0v) is 18.8. The predicted molar refractivity (Wildman–Crippen MR) is 127 cm³/mol. The summed E-state index contributed by atoms with van der Waals surface area (Å²) in [6.07, 6.45) is 0. The lowest BCUT2D eigenvalue weighted by Gasteiger charge is -2.17. The van der Waals surface area contributed by atoms with E-state index >= 15 is 0 Å². The molecule has 4 rings (SSSR count). The van der Waals surface area contributed by atoms with Gasteiger partial charge in [0.25, 0.3) is 0 Å². The van der Waals surface area contributed by atoms with Crippen LogP contribution in [0, 0.1) is 0 Å². The van der Waals surface area contributed by atoms with E-state index in [-0.39, 0.29) is 5.92 Å². The maximum Gasteiger partial charge on any atom is 0.203 e. The molecule has 3 aromatic carbocycles. The number of ether oxygens (including phenoxy) is 3. The Morgan fingerprint density at radius 1 is 0.812 bits per heavy atom. The first-order chi connectivity index (χ1) is 15.6. The molecule has 164 valence electrons. The number of benzene rings is 3. The molecule has 1 heterocycles. The Morgan fingerprint density at radius 3 is 2.12 bits per heavy atom. The number of anilines is 1. The van der Waals surface area contributed by atoms with Crippen molar-refractivity contribution in [1.29, 1.82) is 0 Å². The first-order valence-corrected chi connectivity index (χ1v) is 10.5. The molecule has 0 aliphatic rings. The smallest absolute Gasteiger partial charge is 0.203 e. The van der Waals surface area contributed by atoms with Gasteiger partial charge in [-0.1, -0.05) is 49.4 Å². The second-order valence-electron chi connectivity index (χ2n) is 7.47. The van der Waals surface area contributed by atoms with Gasteiger partial charge < -0.3 is 19.5 Å². The summed E-state index contributed by atoms with van der Waals surface area (Å²) in [6, 6.07) is 22.2. The Balaban J connectivity index is 1.69. The van der Waals surface area contributed by atoms with Gasteiger partial charge >= 0.3 is 0 Å². The molecule has 1 unspecified atom stereocenters. The molecule has 0 amide bonds. The van der Waals surface area contributed by atoms with Crippen molar-refractivity contribution in [2.75, 3.05) is 26.6 Å². The number of aromatic nitrogens is 2. The van der Waals surface area contributed by atoms with Crippen molar-refractivity contribution in [1.82, 2.24) is 9.97 Å². The van der Waals surface area contributed by atoms with Crippen molar-refractivity contribution in [3.63, 3.8) is 0 Å². The molecule has 6 heteroatoms. The fraction of sp³-hybridized carbons (Fsp3) is 0.231. The molecule has 0 radical (unpaired) electrons. The number of rotatable bonds is 8. The number of fused-ring (bicyclic) bond motifs is 1. The minimum Gasteiger partial charge on any atom is -0.493 e. The first kappa shape index (κ1) is 21.4. The van der Waals surface area contributed by atoms with E-state index < -0.39 is 0 Å². The van der Waals surface area contributed by atoms with Crippen LogP contribution in [0.5, 0.6) is 17.2 Å². The van der Waals surface area contributed by atoms with Crippen molar-refractivity contribution in [2.24, 2.45) is 0 Å². The monoisotopic (exact) mass is 429 g/mol. The molecule has 0 saturated carbocycles. The standard InChI is InChI=1S/C26H27N3O3/c1-17(19-10-6-5-7-11-19)25-28-21-13-9-8-12-20(21)26(29-25)27-16-18-14-22(30-2)24(32-4)23(15-18)31-3/h5-15,17H,16H2,1-4H3,(H,27,28,29). The van der Waals surface area contributed by atoms with E-state index in [4.69, 9.17) is 24.2 Å². The number of nitrogens with one attached hydrogen (secondary N) is 1. The van der Waals surface area contributed by atoms with Gasteiger partial charge in [0.15, 0.2) is 11.5 Å². The van der Waals surface area contributed by atoms with Gasteiger partial charge in [-0.2, -0.15) is 0 Å². The highest BCUT2D eigenvalue weighted by atomic mass is 16.5. The molecular weight excluding hydrogens is 402 g/mol. The first-order valence-electron chi connectivity index (χ1n) is 10.5. The van der Waals surface area contributed by atoms with Gasteiger partial charge in [0.2, 0.25) is 5.75 Å². The van der Waals surface area contributed by atoms with Gasteiger partial charge in [-0.05, 0) is 35.4 Å². The van der Waals surface area contributed by atoms with E-state index in [2.05, 4.69) is 24.4 Å². The third-order valence-corrected chi connectivity index (χ3v) is 5.49. The lowest BCUT2D eigenvalue weighted by atomic mass is 10.0. The molecule has 1 atom stereocenters.